The number of carbonyl (C=O) groups excluding carboxylic acids is 1. The number of fused-ring (bicyclic) bond motifs is 1. The Balaban J connectivity index is 1.49. The molecule has 21 heavy (non-hydrogen) atoms. The number of pyridine rings is 1. The van der Waals surface area contributed by atoms with Crippen molar-refractivity contribution in [2.24, 2.45) is 5.92 Å². The summed E-state index contributed by atoms with van der Waals surface area (Å²) in [5.74, 6) is 1.39. The lowest BCUT2D eigenvalue weighted by atomic mass is 9.85. The highest BCUT2D eigenvalue weighted by molar-refractivity contribution is 5.82. The fourth-order valence-electron chi connectivity index (χ4n) is 3.47. The van der Waals surface area contributed by atoms with E-state index in [1.54, 1.807) is 13.3 Å². The summed E-state index contributed by atoms with van der Waals surface area (Å²) in [7, 11) is 1.59. The minimum Gasteiger partial charge on any atom is -0.481 e. The van der Waals surface area contributed by atoms with E-state index in [2.05, 4.69) is 15.6 Å². The molecule has 5 heteroatoms. The summed E-state index contributed by atoms with van der Waals surface area (Å²) in [5.41, 5.74) is 0.986. The average Bonchev–Trinajstić information content (AvgIpc) is 2.97. The molecule has 0 radical (unpaired) electrons. The van der Waals surface area contributed by atoms with Crippen molar-refractivity contribution < 1.29 is 9.53 Å². The van der Waals surface area contributed by atoms with Gasteiger partial charge < -0.3 is 15.4 Å². The second-order valence-corrected chi connectivity index (χ2v) is 6.03. The number of carbonyl (C=O) groups is 1. The number of amides is 1. The van der Waals surface area contributed by atoms with Crippen LogP contribution in [0.1, 0.15) is 37.7 Å². The summed E-state index contributed by atoms with van der Waals surface area (Å²) < 4.78 is 5.02. The van der Waals surface area contributed by atoms with E-state index in [4.69, 9.17) is 4.74 Å². The van der Waals surface area contributed by atoms with E-state index >= 15 is 0 Å². The van der Waals surface area contributed by atoms with Crippen LogP contribution in [0.3, 0.4) is 0 Å². The topological polar surface area (TPSA) is 63.2 Å². The van der Waals surface area contributed by atoms with Gasteiger partial charge in [0.25, 0.3) is 0 Å². The molecule has 2 N–H and O–H groups in total. The van der Waals surface area contributed by atoms with Crippen LogP contribution in [-0.2, 0) is 11.3 Å². The van der Waals surface area contributed by atoms with Gasteiger partial charge in [-0.25, -0.2) is 4.98 Å². The van der Waals surface area contributed by atoms with E-state index in [-0.39, 0.29) is 11.9 Å². The monoisotopic (exact) mass is 289 g/mol. The minimum absolute atomic E-state index is 0.0238. The summed E-state index contributed by atoms with van der Waals surface area (Å²) in [6.45, 7) is 0.517. The highest BCUT2D eigenvalue weighted by Crippen LogP contribution is 2.33. The van der Waals surface area contributed by atoms with Crippen LogP contribution < -0.4 is 15.4 Å². The lowest BCUT2D eigenvalue weighted by Gasteiger charge is -2.24. The lowest BCUT2D eigenvalue weighted by molar-refractivity contribution is -0.123. The molecule has 1 amide bonds. The first kappa shape index (κ1) is 14.3. The highest BCUT2D eigenvalue weighted by Gasteiger charge is 2.37. The predicted octanol–water partition coefficient (Wildman–Crippen LogP) is 1.63. The molecule has 3 atom stereocenters. The number of aromatic nitrogens is 1. The summed E-state index contributed by atoms with van der Waals surface area (Å²) in [6.07, 6.45) is 7.81. The van der Waals surface area contributed by atoms with Crippen LogP contribution >= 0.6 is 0 Å². The molecule has 2 heterocycles. The van der Waals surface area contributed by atoms with Crippen LogP contribution in [-0.4, -0.2) is 30.1 Å². The van der Waals surface area contributed by atoms with Gasteiger partial charge in [-0.3, -0.25) is 4.79 Å². The van der Waals surface area contributed by atoms with Crippen LogP contribution in [0, 0.1) is 5.92 Å². The van der Waals surface area contributed by atoms with Gasteiger partial charge in [0.05, 0.1) is 13.2 Å². The fraction of sp³-hybridized carbons (Fsp3) is 0.625. The van der Waals surface area contributed by atoms with Crippen molar-refractivity contribution in [3.63, 3.8) is 0 Å². The maximum absolute atomic E-state index is 12.3. The number of nitrogens with zero attached hydrogens (tertiary/aromatic N) is 1. The van der Waals surface area contributed by atoms with Gasteiger partial charge >= 0.3 is 0 Å². The largest absolute Gasteiger partial charge is 0.481 e. The molecular weight excluding hydrogens is 266 g/mol. The van der Waals surface area contributed by atoms with Gasteiger partial charge in [-0.1, -0.05) is 18.9 Å². The zero-order valence-corrected chi connectivity index (χ0v) is 12.5. The molecule has 1 aliphatic carbocycles. The number of methoxy groups -OCH3 is 1. The Hall–Kier alpha value is -1.62. The molecule has 2 fully saturated rings. The van der Waals surface area contributed by atoms with E-state index in [1.807, 2.05) is 12.1 Å². The van der Waals surface area contributed by atoms with Gasteiger partial charge in [0, 0.05) is 24.8 Å². The molecule has 1 saturated carbocycles. The Kier molecular flexibility index (Phi) is 4.39. The third kappa shape index (κ3) is 3.35. The molecule has 1 aromatic rings. The van der Waals surface area contributed by atoms with Crippen molar-refractivity contribution in [3.05, 3.63) is 23.9 Å². The molecule has 0 spiro atoms. The number of ether oxygens (including phenoxy) is 1. The van der Waals surface area contributed by atoms with Crippen molar-refractivity contribution in [1.29, 1.82) is 0 Å². The van der Waals surface area contributed by atoms with E-state index in [1.165, 1.54) is 25.7 Å². The van der Waals surface area contributed by atoms with Crippen molar-refractivity contribution in [3.8, 4) is 5.88 Å². The Labute approximate surface area is 125 Å². The van der Waals surface area contributed by atoms with Crippen molar-refractivity contribution >= 4 is 5.91 Å². The number of hydrogen-bond acceptors (Lipinski definition) is 4. The lowest BCUT2D eigenvalue weighted by Crippen LogP contribution is -2.42. The zero-order chi connectivity index (χ0) is 14.7. The van der Waals surface area contributed by atoms with Crippen molar-refractivity contribution in [2.45, 2.75) is 50.7 Å². The second-order valence-electron chi connectivity index (χ2n) is 6.03. The highest BCUT2D eigenvalue weighted by atomic mass is 16.5. The van der Waals surface area contributed by atoms with Gasteiger partial charge in [-0.05, 0) is 30.7 Å². The predicted molar refractivity (Wildman–Crippen MR) is 79.9 cm³/mol. The molecule has 1 aliphatic heterocycles. The van der Waals surface area contributed by atoms with E-state index in [0.717, 1.165) is 12.0 Å². The summed E-state index contributed by atoms with van der Waals surface area (Å²) >= 11 is 0. The minimum atomic E-state index is -0.0238. The normalized spacial score (nSPS) is 28.0. The summed E-state index contributed by atoms with van der Waals surface area (Å²) in [6, 6.07) is 4.26. The molecule has 0 aromatic carbocycles. The van der Waals surface area contributed by atoms with E-state index in [9.17, 15) is 4.79 Å². The molecule has 1 aromatic heterocycles. The first-order valence-corrected chi connectivity index (χ1v) is 7.79. The first-order chi connectivity index (χ1) is 10.3. The van der Waals surface area contributed by atoms with Gasteiger partial charge in [0.1, 0.15) is 0 Å². The van der Waals surface area contributed by atoms with Gasteiger partial charge in [0.2, 0.25) is 11.8 Å². The molecule has 1 saturated heterocycles. The quantitative estimate of drug-likeness (QED) is 0.884. The van der Waals surface area contributed by atoms with Crippen molar-refractivity contribution in [1.82, 2.24) is 15.6 Å². The maximum Gasteiger partial charge on any atom is 0.237 e. The summed E-state index contributed by atoms with van der Waals surface area (Å²) in [5, 5.41) is 6.51. The van der Waals surface area contributed by atoms with Crippen LogP contribution in [0.15, 0.2) is 18.3 Å². The average molecular weight is 289 g/mol. The Morgan fingerprint density at radius 1 is 1.43 bits per heavy atom. The Bertz CT molecular complexity index is 475. The van der Waals surface area contributed by atoms with Crippen LogP contribution in [0.4, 0.5) is 0 Å². The number of hydrogen-bond donors (Lipinski definition) is 2. The van der Waals surface area contributed by atoms with Gasteiger partial charge in [-0.2, -0.15) is 0 Å². The maximum atomic E-state index is 12.3. The third-order valence-corrected chi connectivity index (χ3v) is 4.65. The molecule has 2 aliphatic rings. The van der Waals surface area contributed by atoms with Gasteiger partial charge in [-0.15, -0.1) is 0 Å². The second kappa shape index (κ2) is 6.43. The Morgan fingerprint density at radius 2 is 2.29 bits per heavy atom. The van der Waals surface area contributed by atoms with Crippen LogP contribution in [0.5, 0.6) is 5.88 Å². The van der Waals surface area contributed by atoms with Crippen LogP contribution in [0.25, 0.3) is 0 Å². The molecule has 0 bridgehead atoms. The van der Waals surface area contributed by atoms with Crippen molar-refractivity contribution in [2.75, 3.05) is 7.11 Å². The van der Waals surface area contributed by atoms with E-state index < -0.39 is 0 Å². The molecular formula is C16H23N3O2. The first-order valence-electron chi connectivity index (χ1n) is 7.79. The standard InChI is InChI=1S/C16H23N3O2/c1-21-15-7-6-11(9-17-15)10-18-16(20)14-8-12-4-2-3-5-13(12)19-14/h6-7,9,12-14,19H,2-5,8,10H2,1H3,(H,18,20). The molecule has 5 nitrogen and oxygen atoms in total. The van der Waals surface area contributed by atoms with Gasteiger partial charge in [0.15, 0.2) is 0 Å². The molecule has 3 unspecified atom stereocenters. The number of nitrogens with one attached hydrogen (secondary N) is 2. The van der Waals surface area contributed by atoms with Crippen LogP contribution in [0.2, 0.25) is 0 Å². The summed E-state index contributed by atoms with van der Waals surface area (Å²) in [4.78, 5) is 16.4. The third-order valence-electron chi connectivity index (χ3n) is 4.65. The SMILES string of the molecule is COc1ccc(CNC(=O)C2CC3CCCCC3N2)cn1. The van der Waals surface area contributed by atoms with E-state index in [0.29, 0.717) is 24.4 Å². The Morgan fingerprint density at radius 3 is 3.00 bits per heavy atom. The molecule has 114 valence electrons. The number of rotatable bonds is 4. The fourth-order valence-corrected chi connectivity index (χ4v) is 3.47. The smallest absolute Gasteiger partial charge is 0.237 e. The zero-order valence-electron chi connectivity index (χ0n) is 12.5. The molecule has 3 rings (SSSR count).